The van der Waals surface area contributed by atoms with Gasteiger partial charge in [0.25, 0.3) is 0 Å². The van der Waals surface area contributed by atoms with E-state index in [2.05, 4.69) is 42.8 Å². The summed E-state index contributed by atoms with van der Waals surface area (Å²) in [6, 6.07) is 0.645. The Hall–Kier alpha value is -0.383. The summed E-state index contributed by atoms with van der Waals surface area (Å²) in [5, 5.41) is 1.71. The summed E-state index contributed by atoms with van der Waals surface area (Å²) in [6.07, 6.45) is 9.67. The van der Waals surface area contributed by atoms with Gasteiger partial charge in [0.15, 0.2) is 0 Å². The first kappa shape index (κ1) is 14.0. The molecule has 0 amide bonds. The molecule has 1 heterocycles. The molecule has 1 aliphatic carbocycles. The second kappa shape index (κ2) is 5.72. The van der Waals surface area contributed by atoms with Gasteiger partial charge in [-0.25, -0.2) is 0 Å². The minimum Gasteiger partial charge on any atom is -0.383 e. The van der Waals surface area contributed by atoms with Crippen molar-refractivity contribution in [3.05, 3.63) is 23.4 Å². The third-order valence-corrected chi connectivity index (χ3v) is 6.44. The summed E-state index contributed by atoms with van der Waals surface area (Å²) in [5.74, 6) is 0.661. The molecule has 1 saturated heterocycles. The lowest BCUT2D eigenvalue weighted by Crippen LogP contribution is -2.39. The van der Waals surface area contributed by atoms with E-state index in [0.29, 0.717) is 12.0 Å². The maximum atomic E-state index is 5.35. The van der Waals surface area contributed by atoms with Gasteiger partial charge < -0.3 is 4.74 Å². The molecule has 3 heteroatoms. The molecule has 0 aromatic heterocycles. The van der Waals surface area contributed by atoms with Crippen LogP contribution in [0.25, 0.3) is 0 Å². The molecule has 2 atom stereocenters. The maximum absolute atomic E-state index is 5.35. The minimum atomic E-state index is -1.16. The molecule has 2 nitrogen and oxygen atoms in total. The van der Waals surface area contributed by atoms with Crippen molar-refractivity contribution in [3.63, 3.8) is 0 Å². The van der Waals surface area contributed by atoms with Gasteiger partial charge in [-0.05, 0) is 19.4 Å². The highest BCUT2D eigenvalue weighted by Gasteiger charge is 2.32. The molecule has 2 rings (SSSR count). The molecule has 0 aromatic rings. The molecular weight excluding hydrogens is 238 g/mol. The Morgan fingerprint density at radius 1 is 1.39 bits per heavy atom. The first-order valence-electron chi connectivity index (χ1n) is 7.14. The molecule has 0 radical (unpaired) electrons. The van der Waals surface area contributed by atoms with Crippen molar-refractivity contribution in [1.82, 2.24) is 4.90 Å². The highest BCUT2D eigenvalue weighted by molar-refractivity contribution is 6.83. The number of likely N-dealkylation sites (tertiary alicyclic amines) is 1. The fourth-order valence-electron chi connectivity index (χ4n) is 3.26. The topological polar surface area (TPSA) is 12.5 Å². The standard InChI is InChI=1S/C15H27NOSi/c1-17-12-14-8-6-10-16(14)11-13-7-5-9-15(13)18(2,3)4/h5,7,9,13-14H,6,8,10-12H2,1-4H3/t13?,14-/m0/s1. The Morgan fingerprint density at radius 2 is 2.17 bits per heavy atom. The SMILES string of the molecule is COC[C@@H]1CCCN1CC1C=CC=C1[Si](C)(C)C. The molecule has 102 valence electrons. The first-order valence-corrected chi connectivity index (χ1v) is 10.6. The predicted octanol–water partition coefficient (Wildman–Crippen LogP) is 3.09. The van der Waals surface area contributed by atoms with Gasteiger partial charge >= 0.3 is 0 Å². The van der Waals surface area contributed by atoms with Crippen molar-refractivity contribution in [1.29, 1.82) is 0 Å². The van der Waals surface area contributed by atoms with E-state index in [9.17, 15) is 0 Å². The number of hydrogen-bond acceptors (Lipinski definition) is 2. The summed E-state index contributed by atoms with van der Waals surface area (Å²) < 4.78 is 5.35. The van der Waals surface area contributed by atoms with Crippen molar-refractivity contribution < 1.29 is 4.74 Å². The highest BCUT2D eigenvalue weighted by Crippen LogP contribution is 2.31. The number of hydrogen-bond donors (Lipinski definition) is 0. The van der Waals surface area contributed by atoms with Gasteiger partial charge in [-0.1, -0.05) is 43.1 Å². The Kier molecular flexibility index (Phi) is 4.46. The number of allylic oxidation sites excluding steroid dienone is 2. The van der Waals surface area contributed by atoms with Crippen LogP contribution in [0.4, 0.5) is 0 Å². The van der Waals surface area contributed by atoms with Gasteiger partial charge in [-0.2, -0.15) is 0 Å². The molecule has 0 saturated carbocycles. The van der Waals surface area contributed by atoms with Gasteiger partial charge in [0.1, 0.15) is 0 Å². The molecular formula is C15H27NOSi. The lowest BCUT2D eigenvalue weighted by Gasteiger charge is -2.31. The van der Waals surface area contributed by atoms with Gasteiger partial charge in [0.05, 0.1) is 14.7 Å². The summed E-state index contributed by atoms with van der Waals surface area (Å²) in [4.78, 5) is 2.64. The third kappa shape index (κ3) is 3.14. The van der Waals surface area contributed by atoms with Crippen molar-refractivity contribution in [3.8, 4) is 0 Å². The van der Waals surface area contributed by atoms with E-state index < -0.39 is 8.07 Å². The normalized spacial score (nSPS) is 29.0. The zero-order valence-electron chi connectivity index (χ0n) is 12.3. The van der Waals surface area contributed by atoms with Crippen LogP contribution in [0.2, 0.25) is 19.6 Å². The quantitative estimate of drug-likeness (QED) is 0.708. The van der Waals surface area contributed by atoms with Crippen molar-refractivity contribution in [2.45, 2.75) is 38.5 Å². The highest BCUT2D eigenvalue weighted by atomic mass is 28.3. The lowest BCUT2D eigenvalue weighted by molar-refractivity contribution is 0.112. The van der Waals surface area contributed by atoms with Crippen LogP contribution in [0.3, 0.4) is 0 Å². The fraction of sp³-hybridized carbons (Fsp3) is 0.733. The molecule has 1 aliphatic heterocycles. The van der Waals surface area contributed by atoms with Crippen LogP contribution in [-0.4, -0.2) is 45.8 Å². The van der Waals surface area contributed by atoms with E-state index >= 15 is 0 Å². The molecule has 1 fully saturated rings. The summed E-state index contributed by atoms with van der Waals surface area (Å²) in [5.41, 5.74) is 0. The van der Waals surface area contributed by atoms with E-state index in [1.807, 2.05) is 7.11 Å². The van der Waals surface area contributed by atoms with Gasteiger partial charge in [-0.3, -0.25) is 4.90 Å². The molecule has 0 bridgehead atoms. The molecule has 18 heavy (non-hydrogen) atoms. The monoisotopic (exact) mass is 265 g/mol. The van der Waals surface area contributed by atoms with Gasteiger partial charge in [-0.15, -0.1) is 0 Å². The maximum Gasteiger partial charge on any atom is 0.0732 e. The van der Waals surface area contributed by atoms with E-state index in [1.54, 1.807) is 5.20 Å². The Morgan fingerprint density at radius 3 is 2.83 bits per heavy atom. The number of rotatable bonds is 5. The Labute approximate surface area is 113 Å². The van der Waals surface area contributed by atoms with Crippen LogP contribution < -0.4 is 0 Å². The van der Waals surface area contributed by atoms with Crippen molar-refractivity contribution in [2.75, 3.05) is 26.8 Å². The fourth-order valence-corrected chi connectivity index (χ4v) is 5.15. The van der Waals surface area contributed by atoms with Crippen LogP contribution in [0.5, 0.6) is 0 Å². The Balaban J connectivity index is 1.97. The van der Waals surface area contributed by atoms with Crippen LogP contribution in [0.1, 0.15) is 12.8 Å². The van der Waals surface area contributed by atoms with Crippen LogP contribution >= 0.6 is 0 Å². The number of ether oxygens (including phenoxy) is 1. The second-order valence-electron chi connectivity index (χ2n) is 6.61. The third-order valence-electron chi connectivity index (χ3n) is 4.17. The molecule has 0 spiro atoms. The van der Waals surface area contributed by atoms with E-state index in [1.165, 1.54) is 25.9 Å². The van der Waals surface area contributed by atoms with Crippen LogP contribution in [0.15, 0.2) is 23.4 Å². The van der Waals surface area contributed by atoms with E-state index in [4.69, 9.17) is 4.74 Å². The number of nitrogens with zero attached hydrogens (tertiary/aromatic N) is 1. The van der Waals surface area contributed by atoms with Crippen LogP contribution in [0, 0.1) is 5.92 Å². The van der Waals surface area contributed by atoms with E-state index in [0.717, 1.165) is 6.61 Å². The summed E-state index contributed by atoms with van der Waals surface area (Å²) in [6.45, 7) is 10.7. The summed E-state index contributed by atoms with van der Waals surface area (Å²) >= 11 is 0. The van der Waals surface area contributed by atoms with Crippen LogP contribution in [-0.2, 0) is 4.74 Å². The number of methoxy groups -OCH3 is 1. The average molecular weight is 265 g/mol. The van der Waals surface area contributed by atoms with Crippen molar-refractivity contribution >= 4 is 8.07 Å². The zero-order chi connectivity index (χ0) is 13.2. The first-order chi connectivity index (χ1) is 8.52. The predicted molar refractivity (Wildman–Crippen MR) is 80.5 cm³/mol. The van der Waals surface area contributed by atoms with Gasteiger partial charge in [0, 0.05) is 25.6 Å². The van der Waals surface area contributed by atoms with E-state index in [-0.39, 0.29) is 0 Å². The molecule has 0 N–H and O–H groups in total. The zero-order valence-corrected chi connectivity index (χ0v) is 13.3. The second-order valence-corrected chi connectivity index (χ2v) is 11.7. The van der Waals surface area contributed by atoms with Crippen molar-refractivity contribution in [2.24, 2.45) is 5.92 Å². The smallest absolute Gasteiger partial charge is 0.0732 e. The molecule has 2 aliphatic rings. The summed E-state index contributed by atoms with van der Waals surface area (Å²) in [7, 11) is 0.660. The average Bonchev–Trinajstić information content (AvgIpc) is 2.88. The minimum absolute atomic E-state index is 0.645. The van der Waals surface area contributed by atoms with Gasteiger partial charge in [0.2, 0.25) is 0 Å². The molecule has 0 aromatic carbocycles. The Bertz CT molecular complexity index is 343. The molecule has 1 unspecified atom stereocenters. The largest absolute Gasteiger partial charge is 0.383 e. The lowest BCUT2D eigenvalue weighted by atomic mass is 10.1.